The molecule has 0 aromatic heterocycles. The maximum atomic E-state index is 11.8. The molecule has 0 bridgehead atoms. The van der Waals surface area contributed by atoms with Gasteiger partial charge in [-0.05, 0) is 23.8 Å². The van der Waals surface area contributed by atoms with Gasteiger partial charge in [0, 0.05) is 12.2 Å². The Bertz CT molecular complexity index is 254. The number of allylic oxidation sites excluding steroid dienone is 6. The van der Waals surface area contributed by atoms with Crippen LogP contribution in [0, 0.1) is 0 Å². The van der Waals surface area contributed by atoms with Crippen LogP contribution in [0.5, 0.6) is 0 Å². The smallest absolute Gasteiger partial charge is 0.258 e. The highest BCUT2D eigenvalue weighted by molar-refractivity contribution is 6.01. The van der Waals surface area contributed by atoms with Crippen molar-refractivity contribution in [2.75, 3.05) is 7.11 Å². The number of alkyl halides is 2. The normalized spacial score (nSPS) is 15.7. The van der Waals surface area contributed by atoms with Gasteiger partial charge in [0.1, 0.15) is 0 Å². The lowest BCUT2D eigenvalue weighted by Crippen LogP contribution is -1.96. The molecule has 1 nitrogen and oxygen atoms in total. The minimum Gasteiger partial charge on any atom is -0.258 e. The van der Waals surface area contributed by atoms with E-state index < -0.39 is 6.43 Å². The van der Waals surface area contributed by atoms with Crippen LogP contribution in [0.4, 0.5) is 8.78 Å². The van der Waals surface area contributed by atoms with E-state index in [2.05, 4.69) is 0 Å². The lowest BCUT2D eigenvalue weighted by Gasteiger charge is -1.96. The fraction of sp³-hybridized carbons (Fsp3) is 0.222. The lowest BCUT2D eigenvalue weighted by molar-refractivity contribution is -0.417. The van der Waals surface area contributed by atoms with E-state index in [1.165, 1.54) is 7.11 Å². The van der Waals surface area contributed by atoms with E-state index in [-0.39, 0.29) is 0 Å². The van der Waals surface area contributed by atoms with Gasteiger partial charge < -0.3 is 0 Å². The zero-order valence-corrected chi connectivity index (χ0v) is 6.63. The summed E-state index contributed by atoms with van der Waals surface area (Å²) in [7, 11) is 1.53. The third kappa shape index (κ3) is 2.42. The largest absolute Gasteiger partial charge is 0.343 e. The van der Waals surface area contributed by atoms with Crippen LogP contribution in [0.25, 0.3) is 0 Å². The molecule has 0 atom stereocenters. The molecule has 1 aliphatic carbocycles. The van der Waals surface area contributed by atoms with Crippen molar-refractivity contribution in [1.29, 1.82) is 0 Å². The first-order valence-electron chi connectivity index (χ1n) is 3.49. The molecule has 64 valence electrons. The number of hydrogen-bond donors (Lipinski definition) is 0. The number of halogens is 2. The molecular formula is C9H9F2O+. The highest BCUT2D eigenvalue weighted by Gasteiger charge is 2.06. The molecule has 0 amide bonds. The average Bonchev–Trinajstić information content (AvgIpc) is 2.05. The zero-order valence-electron chi connectivity index (χ0n) is 6.63. The Morgan fingerprint density at radius 1 is 1.25 bits per heavy atom. The van der Waals surface area contributed by atoms with Gasteiger partial charge in [-0.1, -0.05) is 0 Å². The molecule has 0 fully saturated rings. The summed E-state index contributed by atoms with van der Waals surface area (Å²) in [6.45, 7) is 0. The zero-order chi connectivity index (χ0) is 8.97. The van der Waals surface area contributed by atoms with Crippen LogP contribution in [0.1, 0.15) is 0 Å². The summed E-state index contributed by atoms with van der Waals surface area (Å²) in [4.78, 5) is 0. The van der Waals surface area contributed by atoms with Crippen LogP contribution in [-0.2, 0) is 4.42 Å². The van der Waals surface area contributed by atoms with E-state index in [9.17, 15) is 8.78 Å². The fourth-order valence-corrected chi connectivity index (χ4v) is 0.861. The second kappa shape index (κ2) is 3.95. The van der Waals surface area contributed by atoms with Crippen molar-refractivity contribution < 1.29 is 13.2 Å². The summed E-state index contributed by atoms with van der Waals surface area (Å²) < 4.78 is 28.5. The Labute approximate surface area is 69.4 Å². The van der Waals surface area contributed by atoms with Crippen molar-refractivity contribution in [3.05, 3.63) is 36.0 Å². The molecule has 1 rings (SSSR count). The Morgan fingerprint density at radius 3 is 2.25 bits per heavy atom. The van der Waals surface area contributed by atoms with Crippen molar-refractivity contribution >= 4 is 5.78 Å². The van der Waals surface area contributed by atoms with Gasteiger partial charge in [0.2, 0.25) is 0 Å². The number of hydrogen-bond acceptors (Lipinski definition) is 0. The molecule has 0 heterocycles. The standard InChI is InChI=1S/C9H9F2O/c1-12-8-4-2-7(3-5-8)6-9(10)11/h2-6,9H,1H3/q+1. The average molecular weight is 171 g/mol. The summed E-state index contributed by atoms with van der Waals surface area (Å²) in [6.07, 6.45) is 4.95. The van der Waals surface area contributed by atoms with Crippen LogP contribution < -0.4 is 0 Å². The summed E-state index contributed by atoms with van der Waals surface area (Å²) in [5.74, 6) is 0.668. The topological polar surface area (TPSA) is 11.3 Å². The molecule has 0 radical (unpaired) electrons. The Morgan fingerprint density at radius 2 is 1.83 bits per heavy atom. The van der Waals surface area contributed by atoms with Gasteiger partial charge in [0.25, 0.3) is 13.5 Å². The monoisotopic (exact) mass is 171 g/mol. The molecule has 0 aromatic carbocycles. The minimum atomic E-state index is -2.40. The molecule has 0 N–H and O–H groups in total. The summed E-state index contributed by atoms with van der Waals surface area (Å²) in [6, 6.07) is 0. The molecule has 0 saturated carbocycles. The first kappa shape index (κ1) is 8.84. The summed E-state index contributed by atoms with van der Waals surface area (Å²) in [5.41, 5.74) is 0.505. The van der Waals surface area contributed by atoms with Gasteiger partial charge in [0.15, 0.2) is 0 Å². The third-order valence-corrected chi connectivity index (χ3v) is 1.43. The lowest BCUT2D eigenvalue weighted by atomic mass is 10.1. The number of carbonyl (C=O) groups excluding carboxylic acids is 1. The van der Waals surface area contributed by atoms with Crippen molar-refractivity contribution in [2.24, 2.45) is 0 Å². The maximum absolute atomic E-state index is 11.8. The molecule has 0 saturated heterocycles. The number of rotatable bonds is 1. The molecular weight excluding hydrogens is 162 g/mol. The second-order valence-corrected chi connectivity index (χ2v) is 2.27. The van der Waals surface area contributed by atoms with Crippen LogP contribution in [0.3, 0.4) is 0 Å². The van der Waals surface area contributed by atoms with Gasteiger partial charge in [-0.2, -0.15) is 0 Å². The molecule has 0 aromatic rings. The fourth-order valence-electron chi connectivity index (χ4n) is 0.861. The molecule has 3 heteroatoms. The first-order valence-corrected chi connectivity index (χ1v) is 3.49. The van der Waals surface area contributed by atoms with Gasteiger partial charge in [0.05, 0.1) is 0 Å². The SMILES string of the molecule is C[O+]=C1C=CC(=CC(F)F)C=C1. The third-order valence-electron chi connectivity index (χ3n) is 1.43. The molecule has 12 heavy (non-hydrogen) atoms. The highest BCUT2D eigenvalue weighted by Crippen LogP contribution is 2.09. The summed E-state index contributed by atoms with van der Waals surface area (Å²) >= 11 is 0. The summed E-state index contributed by atoms with van der Waals surface area (Å²) in [5, 5.41) is 0. The predicted octanol–water partition coefficient (Wildman–Crippen LogP) is 2.04. The first-order chi connectivity index (χ1) is 5.72. The van der Waals surface area contributed by atoms with Gasteiger partial charge in [-0.15, -0.1) is 0 Å². The number of ketones is 1. The van der Waals surface area contributed by atoms with Gasteiger partial charge in [-0.3, -0.25) is 4.42 Å². The molecule has 1 aliphatic rings. The van der Waals surface area contributed by atoms with E-state index in [4.69, 9.17) is 4.42 Å². The second-order valence-electron chi connectivity index (χ2n) is 2.27. The quantitative estimate of drug-likeness (QED) is 0.535. The van der Waals surface area contributed by atoms with E-state index in [1.54, 1.807) is 24.3 Å². The molecule has 0 unspecified atom stereocenters. The molecule has 0 spiro atoms. The molecule has 0 aliphatic heterocycles. The van der Waals surface area contributed by atoms with Crippen LogP contribution in [-0.4, -0.2) is 19.3 Å². The van der Waals surface area contributed by atoms with Crippen molar-refractivity contribution in [1.82, 2.24) is 0 Å². The van der Waals surface area contributed by atoms with Gasteiger partial charge in [-0.25, -0.2) is 8.78 Å². The van der Waals surface area contributed by atoms with E-state index in [1.807, 2.05) is 0 Å². The Kier molecular flexibility index (Phi) is 2.91. The van der Waals surface area contributed by atoms with Crippen LogP contribution in [0.2, 0.25) is 0 Å². The maximum Gasteiger partial charge on any atom is 0.343 e. The van der Waals surface area contributed by atoms with E-state index in [0.717, 1.165) is 6.08 Å². The predicted molar refractivity (Wildman–Crippen MR) is 43.3 cm³/mol. The Balaban J connectivity index is 2.73. The van der Waals surface area contributed by atoms with E-state index >= 15 is 0 Å². The van der Waals surface area contributed by atoms with Gasteiger partial charge >= 0.3 is 5.78 Å². The van der Waals surface area contributed by atoms with Crippen LogP contribution >= 0.6 is 0 Å². The Hall–Kier alpha value is -1.25. The van der Waals surface area contributed by atoms with Crippen molar-refractivity contribution in [3.63, 3.8) is 0 Å². The van der Waals surface area contributed by atoms with Crippen LogP contribution in [0.15, 0.2) is 36.0 Å². The van der Waals surface area contributed by atoms with E-state index in [0.29, 0.717) is 11.4 Å². The minimum absolute atomic E-state index is 0.505. The highest BCUT2D eigenvalue weighted by atomic mass is 19.3. The van der Waals surface area contributed by atoms with Crippen molar-refractivity contribution in [2.45, 2.75) is 6.43 Å². The van der Waals surface area contributed by atoms with Crippen molar-refractivity contribution in [3.8, 4) is 0 Å².